The first-order valence-electron chi connectivity index (χ1n) is 7.94. The number of ether oxygens (including phenoxy) is 2. The Morgan fingerprint density at radius 1 is 1.04 bits per heavy atom. The first-order valence-corrected chi connectivity index (χ1v) is 10.2. The number of hydrogen-bond acceptors (Lipinski definition) is 6. The number of aromatic amines is 1. The van der Waals surface area contributed by atoms with Crippen LogP contribution in [0.1, 0.15) is 0 Å². The summed E-state index contributed by atoms with van der Waals surface area (Å²) < 4.78 is 39.0. The van der Waals surface area contributed by atoms with Gasteiger partial charge in [-0.05, 0) is 40.2 Å². The first-order chi connectivity index (χ1) is 13.3. The number of halogens is 1. The highest BCUT2D eigenvalue weighted by atomic mass is 79.9. The largest absolute Gasteiger partial charge is 0.493 e. The number of nitrogens with one attached hydrogen (secondary N) is 2. The Kier molecular flexibility index (Phi) is 5.71. The lowest BCUT2D eigenvalue weighted by Gasteiger charge is -2.14. The van der Waals surface area contributed by atoms with Crippen LogP contribution < -0.4 is 19.8 Å². The molecule has 2 aromatic carbocycles. The SMILES string of the molecule is COc1cc(Br)c(S(=O)(=O)Nc2cccc(-c3ccc(=O)[nH]n3)c2)cc1OC. The molecule has 0 spiro atoms. The summed E-state index contributed by atoms with van der Waals surface area (Å²) in [5, 5.41) is 6.29. The van der Waals surface area contributed by atoms with Gasteiger partial charge in [0.25, 0.3) is 15.6 Å². The van der Waals surface area contributed by atoms with Gasteiger partial charge in [-0.3, -0.25) is 9.52 Å². The van der Waals surface area contributed by atoms with E-state index in [0.717, 1.165) is 0 Å². The standard InChI is InChI=1S/C18H16BrN3O5S/c1-26-15-9-13(19)17(10-16(15)27-2)28(24,25)22-12-5-3-4-11(8-12)14-6-7-18(23)21-20-14/h3-10,22H,1-2H3,(H,21,23). The molecule has 1 heterocycles. The van der Waals surface area contributed by atoms with Crippen molar-refractivity contribution >= 4 is 31.6 Å². The Bertz CT molecular complexity index is 1160. The molecule has 0 fully saturated rings. The molecule has 146 valence electrons. The zero-order valence-electron chi connectivity index (χ0n) is 14.9. The molecular weight excluding hydrogens is 450 g/mol. The Balaban J connectivity index is 1.96. The fraction of sp³-hybridized carbons (Fsp3) is 0.111. The molecule has 3 rings (SSSR count). The van der Waals surface area contributed by atoms with E-state index in [1.54, 1.807) is 30.3 Å². The van der Waals surface area contributed by atoms with Crippen LogP contribution >= 0.6 is 15.9 Å². The zero-order chi connectivity index (χ0) is 20.3. The molecule has 28 heavy (non-hydrogen) atoms. The topological polar surface area (TPSA) is 110 Å². The smallest absolute Gasteiger partial charge is 0.264 e. The van der Waals surface area contributed by atoms with Gasteiger partial charge in [-0.2, -0.15) is 5.10 Å². The molecule has 0 radical (unpaired) electrons. The van der Waals surface area contributed by atoms with Crippen LogP contribution in [0.5, 0.6) is 11.5 Å². The maximum atomic E-state index is 12.9. The van der Waals surface area contributed by atoms with Gasteiger partial charge in [-0.1, -0.05) is 12.1 Å². The summed E-state index contributed by atoms with van der Waals surface area (Å²) in [7, 11) is -1.03. The van der Waals surface area contributed by atoms with Crippen molar-refractivity contribution in [1.82, 2.24) is 10.2 Å². The molecule has 0 saturated heterocycles. The average molecular weight is 466 g/mol. The van der Waals surface area contributed by atoms with Crippen molar-refractivity contribution in [2.24, 2.45) is 0 Å². The van der Waals surface area contributed by atoms with Gasteiger partial charge in [0, 0.05) is 27.9 Å². The van der Waals surface area contributed by atoms with Crippen LogP contribution in [-0.4, -0.2) is 32.8 Å². The fourth-order valence-corrected chi connectivity index (χ4v) is 4.59. The Hall–Kier alpha value is -2.85. The third kappa shape index (κ3) is 4.18. The summed E-state index contributed by atoms with van der Waals surface area (Å²) in [6.45, 7) is 0. The van der Waals surface area contributed by atoms with Crippen molar-refractivity contribution in [1.29, 1.82) is 0 Å². The van der Waals surface area contributed by atoms with Gasteiger partial charge in [0.15, 0.2) is 11.5 Å². The molecule has 0 aliphatic rings. The number of anilines is 1. The molecule has 2 N–H and O–H groups in total. The minimum absolute atomic E-state index is 0.00211. The van der Waals surface area contributed by atoms with E-state index in [1.807, 2.05) is 0 Å². The lowest BCUT2D eigenvalue weighted by Crippen LogP contribution is -2.14. The summed E-state index contributed by atoms with van der Waals surface area (Å²) in [6.07, 6.45) is 0. The van der Waals surface area contributed by atoms with Crippen molar-refractivity contribution in [2.75, 3.05) is 18.9 Å². The van der Waals surface area contributed by atoms with Crippen LogP contribution in [0.4, 0.5) is 5.69 Å². The third-order valence-electron chi connectivity index (χ3n) is 3.82. The molecule has 3 aromatic rings. The van der Waals surface area contributed by atoms with Crippen molar-refractivity contribution in [3.8, 4) is 22.8 Å². The molecule has 0 aliphatic heterocycles. The highest BCUT2D eigenvalue weighted by molar-refractivity contribution is 9.10. The molecule has 0 aliphatic carbocycles. The van der Waals surface area contributed by atoms with E-state index in [4.69, 9.17) is 9.47 Å². The van der Waals surface area contributed by atoms with Gasteiger partial charge < -0.3 is 9.47 Å². The van der Waals surface area contributed by atoms with Crippen molar-refractivity contribution in [3.63, 3.8) is 0 Å². The summed E-state index contributed by atoms with van der Waals surface area (Å²) in [5.41, 5.74) is 1.17. The molecule has 0 amide bonds. The predicted molar refractivity (Wildman–Crippen MR) is 108 cm³/mol. The lowest BCUT2D eigenvalue weighted by molar-refractivity contribution is 0.353. The quantitative estimate of drug-likeness (QED) is 0.578. The first kappa shape index (κ1) is 19.9. The maximum absolute atomic E-state index is 12.9. The highest BCUT2D eigenvalue weighted by Gasteiger charge is 2.21. The molecule has 1 aromatic heterocycles. The average Bonchev–Trinajstić information content (AvgIpc) is 2.68. The van der Waals surface area contributed by atoms with Crippen molar-refractivity contribution in [3.05, 3.63) is 63.4 Å². The van der Waals surface area contributed by atoms with E-state index in [2.05, 4.69) is 30.8 Å². The number of aromatic nitrogens is 2. The molecule has 0 saturated carbocycles. The van der Waals surface area contributed by atoms with E-state index < -0.39 is 10.0 Å². The van der Waals surface area contributed by atoms with Crippen molar-refractivity contribution in [2.45, 2.75) is 4.90 Å². The van der Waals surface area contributed by atoms with E-state index >= 15 is 0 Å². The molecule has 0 atom stereocenters. The van der Waals surface area contributed by atoms with Gasteiger partial charge in [-0.25, -0.2) is 13.5 Å². The predicted octanol–water partition coefficient (Wildman–Crippen LogP) is 3.02. The second-order valence-electron chi connectivity index (χ2n) is 5.63. The molecule has 10 heteroatoms. The number of nitrogens with zero attached hydrogens (tertiary/aromatic N) is 1. The van der Waals surface area contributed by atoms with Gasteiger partial charge in [0.2, 0.25) is 0 Å². The summed E-state index contributed by atoms with van der Waals surface area (Å²) in [6, 6.07) is 12.5. The second kappa shape index (κ2) is 8.03. The van der Waals surface area contributed by atoms with Crippen LogP contribution in [0.15, 0.2) is 62.7 Å². The minimum atomic E-state index is -3.92. The van der Waals surface area contributed by atoms with E-state index in [0.29, 0.717) is 27.2 Å². The highest BCUT2D eigenvalue weighted by Crippen LogP contribution is 2.36. The number of sulfonamides is 1. The van der Waals surface area contributed by atoms with Crippen LogP contribution in [0, 0.1) is 0 Å². The summed E-state index contributed by atoms with van der Waals surface area (Å²) >= 11 is 3.26. The summed E-state index contributed by atoms with van der Waals surface area (Å²) in [4.78, 5) is 11.2. The lowest BCUT2D eigenvalue weighted by atomic mass is 10.1. The van der Waals surface area contributed by atoms with Crippen LogP contribution in [0.2, 0.25) is 0 Å². The fourth-order valence-electron chi connectivity index (χ4n) is 2.50. The van der Waals surface area contributed by atoms with Crippen LogP contribution in [0.3, 0.4) is 0 Å². The van der Waals surface area contributed by atoms with Crippen LogP contribution in [-0.2, 0) is 10.0 Å². The van der Waals surface area contributed by atoms with E-state index in [1.165, 1.54) is 32.4 Å². The monoisotopic (exact) mass is 465 g/mol. The third-order valence-corrected chi connectivity index (χ3v) is 6.16. The number of hydrogen-bond donors (Lipinski definition) is 2. The molecular formula is C18H16BrN3O5S. The van der Waals surface area contributed by atoms with E-state index in [9.17, 15) is 13.2 Å². The Morgan fingerprint density at radius 2 is 1.75 bits per heavy atom. The maximum Gasteiger partial charge on any atom is 0.264 e. The second-order valence-corrected chi connectivity index (χ2v) is 8.14. The van der Waals surface area contributed by atoms with E-state index in [-0.39, 0.29) is 16.2 Å². The zero-order valence-corrected chi connectivity index (χ0v) is 17.3. The van der Waals surface area contributed by atoms with Gasteiger partial charge in [0.05, 0.1) is 19.9 Å². The van der Waals surface area contributed by atoms with Gasteiger partial charge >= 0.3 is 0 Å². The number of methoxy groups -OCH3 is 2. The Labute approximate surface area is 169 Å². The number of benzene rings is 2. The number of H-pyrrole nitrogens is 1. The van der Waals surface area contributed by atoms with Gasteiger partial charge in [-0.15, -0.1) is 0 Å². The van der Waals surface area contributed by atoms with Crippen LogP contribution in [0.25, 0.3) is 11.3 Å². The molecule has 8 nitrogen and oxygen atoms in total. The molecule has 0 bridgehead atoms. The minimum Gasteiger partial charge on any atom is -0.493 e. The molecule has 0 unspecified atom stereocenters. The normalized spacial score (nSPS) is 11.1. The van der Waals surface area contributed by atoms with Crippen molar-refractivity contribution < 1.29 is 17.9 Å². The number of rotatable bonds is 6. The van der Waals surface area contributed by atoms with Gasteiger partial charge in [0.1, 0.15) is 4.90 Å². The summed E-state index contributed by atoms with van der Waals surface area (Å²) in [5.74, 6) is 0.691. The Morgan fingerprint density at radius 3 is 2.39 bits per heavy atom.